The number of ether oxygens (including phenoxy) is 1. The van der Waals surface area contributed by atoms with Crippen molar-refractivity contribution in [2.24, 2.45) is 0 Å². The molecule has 0 bridgehead atoms. The van der Waals surface area contributed by atoms with Crippen LogP contribution in [0.25, 0.3) is 0 Å². The van der Waals surface area contributed by atoms with Gasteiger partial charge in [-0.25, -0.2) is 0 Å². The Balaban J connectivity index is 1.66. The molecule has 128 valence electrons. The lowest BCUT2D eigenvalue weighted by atomic mass is 10.0. The Hall–Kier alpha value is -1.68. The molecule has 3 heteroatoms. The van der Waals surface area contributed by atoms with Gasteiger partial charge in [0.1, 0.15) is 0 Å². The molecule has 1 unspecified atom stereocenters. The van der Waals surface area contributed by atoms with Crippen LogP contribution in [0.4, 0.5) is 0 Å². The van der Waals surface area contributed by atoms with Crippen molar-refractivity contribution in [2.45, 2.75) is 26.4 Å². The maximum atomic E-state index is 5.53. The van der Waals surface area contributed by atoms with Gasteiger partial charge >= 0.3 is 0 Å². The SMILES string of the molecule is Cc1ccc(C(CNCc2cccc(C)c2)N2CCOCC2)cc1. The normalized spacial score (nSPS) is 16.9. The number of aryl methyl sites for hydroxylation is 2. The number of rotatable bonds is 6. The lowest BCUT2D eigenvalue weighted by molar-refractivity contribution is 0.0161. The van der Waals surface area contributed by atoms with Gasteiger partial charge in [0.15, 0.2) is 0 Å². The minimum atomic E-state index is 0.402. The summed E-state index contributed by atoms with van der Waals surface area (Å²) in [6, 6.07) is 18.1. The molecule has 1 N–H and O–H groups in total. The topological polar surface area (TPSA) is 24.5 Å². The van der Waals surface area contributed by atoms with Gasteiger partial charge in [-0.3, -0.25) is 4.90 Å². The van der Waals surface area contributed by atoms with E-state index in [1.165, 1.54) is 22.3 Å². The highest BCUT2D eigenvalue weighted by Crippen LogP contribution is 2.22. The van der Waals surface area contributed by atoms with Crippen molar-refractivity contribution in [3.63, 3.8) is 0 Å². The highest BCUT2D eigenvalue weighted by molar-refractivity contribution is 5.25. The Morgan fingerprint density at radius 1 is 1.00 bits per heavy atom. The molecular weight excluding hydrogens is 296 g/mol. The zero-order valence-electron chi connectivity index (χ0n) is 14.8. The molecule has 2 aromatic carbocycles. The standard InChI is InChI=1S/C21H28N2O/c1-17-6-8-20(9-7-17)21(23-10-12-24-13-11-23)16-22-15-19-5-3-4-18(2)14-19/h3-9,14,21-22H,10-13,15-16H2,1-2H3. The molecule has 0 aliphatic carbocycles. The summed E-state index contributed by atoms with van der Waals surface area (Å²) in [5.74, 6) is 0. The van der Waals surface area contributed by atoms with E-state index in [1.807, 2.05) is 0 Å². The molecule has 1 saturated heterocycles. The summed E-state index contributed by atoms with van der Waals surface area (Å²) in [7, 11) is 0. The molecule has 1 aliphatic rings. The third kappa shape index (κ3) is 4.67. The van der Waals surface area contributed by atoms with Crippen LogP contribution in [0.15, 0.2) is 48.5 Å². The van der Waals surface area contributed by atoms with Crippen molar-refractivity contribution in [3.05, 3.63) is 70.8 Å². The van der Waals surface area contributed by atoms with Crippen molar-refractivity contribution in [3.8, 4) is 0 Å². The molecule has 1 heterocycles. The van der Waals surface area contributed by atoms with Crippen LogP contribution in [0.1, 0.15) is 28.3 Å². The quantitative estimate of drug-likeness (QED) is 0.880. The predicted octanol–water partition coefficient (Wildman–Crippen LogP) is 3.47. The molecule has 1 fully saturated rings. The van der Waals surface area contributed by atoms with E-state index in [9.17, 15) is 0 Å². The van der Waals surface area contributed by atoms with Crippen LogP contribution in [0, 0.1) is 13.8 Å². The first kappa shape index (κ1) is 17.2. The molecule has 1 atom stereocenters. The van der Waals surface area contributed by atoms with E-state index < -0.39 is 0 Å². The predicted molar refractivity (Wildman–Crippen MR) is 99.2 cm³/mol. The van der Waals surface area contributed by atoms with Crippen molar-refractivity contribution >= 4 is 0 Å². The van der Waals surface area contributed by atoms with E-state index in [4.69, 9.17) is 4.74 Å². The van der Waals surface area contributed by atoms with E-state index in [-0.39, 0.29) is 0 Å². The number of benzene rings is 2. The first-order chi connectivity index (χ1) is 11.7. The van der Waals surface area contributed by atoms with Gasteiger partial charge in [-0.2, -0.15) is 0 Å². The lowest BCUT2D eigenvalue weighted by Gasteiger charge is -2.35. The van der Waals surface area contributed by atoms with Crippen molar-refractivity contribution in [2.75, 3.05) is 32.8 Å². The van der Waals surface area contributed by atoms with E-state index in [0.29, 0.717) is 6.04 Å². The average Bonchev–Trinajstić information content (AvgIpc) is 2.61. The first-order valence-electron chi connectivity index (χ1n) is 8.87. The lowest BCUT2D eigenvalue weighted by Crippen LogP contribution is -2.42. The van der Waals surface area contributed by atoms with Gasteiger partial charge in [-0.05, 0) is 25.0 Å². The van der Waals surface area contributed by atoms with Gasteiger partial charge in [-0.1, -0.05) is 59.7 Å². The van der Waals surface area contributed by atoms with Crippen LogP contribution in [0.5, 0.6) is 0 Å². The Bertz CT molecular complexity index is 633. The van der Waals surface area contributed by atoms with Gasteiger partial charge in [-0.15, -0.1) is 0 Å². The maximum absolute atomic E-state index is 5.53. The van der Waals surface area contributed by atoms with Crippen molar-refractivity contribution in [1.82, 2.24) is 10.2 Å². The third-order valence-corrected chi connectivity index (χ3v) is 4.70. The molecule has 24 heavy (non-hydrogen) atoms. The largest absolute Gasteiger partial charge is 0.379 e. The molecule has 3 nitrogen and oxygen atoms in total. The summed E-state index contributed by atoms with van der Waals surface area (Å²) in [5, 5.41) is 3.66. The Labute approximate surface area is 145 Å². The summed E-state index contributed by atoms with van der Waals surface area (Å²) in [6.45, 7) is 9.83. The highest BCUT2D eigenvalue weighted by atomic mass is 16.5. The van der Waals surface area contributed by atoms with Gasteiger partial charge in [0.2, 0.25) is 0 Å². The molecule has 3 rings (SSSR count). The number of hydrogen-bond acceptors (Lipinski definition) is 3. The van der Waals surface area contributed by atoms with Crippen LogP contribution in [-0.4, -0.2) is 37.7 Å². The van der Waals surface area contributed by atoms with Crippen molar-refractivity contribution in [1.29, 1.82) is 0 Å². The molecule has 0 spiro atoms. The Morgan fingerprint density at radius 2 is 1.75 bits per heavy atom. The molecule has 1 aliphatic heterocycles. The second-order valence-electron chi connectivity index (χ2n) is 6.69. The molecule has 0 aromatic heterocycles. The zero-order valence-corrected chi connectivity index (χ0v) is 14.8. The van der Waals surface area contributed by atoms with Crippen LogP contribution in [0.3, 0.4) is 0 Å². The second-order valence-corrected chi connectivity index (χ2v) is 6.69. The average molecular weight is 324 g/mol. The molecule has 0 saturated carbocycles. The molecule has 0 amide bonds. The summed E-state index contributed by atoms with van der Waals surface area (Å²) in [6.07, 6.45) is 0. The number of morpholine rings is 1. The van der Waals surface area contributed by atoms with Gasteiger partial charge in [0.05, 0.1) is 13.2 Å². The van der Waals surface area contributed by atoms with Gasteiger partial charge in [0, 0.05) is 32.2 Å². The maximum Gasteiger partial charge on any atom is 0.0594 e. The zero-order chi connectivity index (χ0) is 16.8. The molecule has 0 radical (unpaired) electrons. The monoisotopic (exact) mass is 324 g/mol. The number of hydrogen-bond donors (Lipinski definition) is 1. The fraction of sp³-hybridized carbons (Fsp3) is 0.429. The Kier molecular flexibility index (Phi) is 6.02. The number of nitrogens with zero attached hydrogens (tertiary/aromatic N) is 1. The van der Waals surface area contributed by atoms with Crippen LogP contribution in [-0.2, 0) is 11.3 Å². The van der Waals surface area contributed by atoms with Crippen LogP contribution < -0.4 is 5.32 Å². The number of nitrogens with one attached hydrogen (secondary N) is 1. The van der Waals surface area contributed by atoms with E-state index >= 15 is 0 Å². The second kappa shape index (κ2) is 8.43. The summed E-state index contributed by atoms with van der Waals surface area (Å²) < 4.78 is 5.53. The molecular formula is C21H28N2O. The minimum absolute atomic E-state index is 0.402. The summed E-state index contributed by atoms with van der Waals surface area (Å²) in [4.78, 5) is 2.54. The molecule has 2 aromatic rings. The summed E-state index contributed by atoms with van der Waals surface area (Å²) >= 11 is 0. The fourth-order valence-corrected chi connectivity index (χ4v) is 3.31. The Morgan fingerprint density at radius 3 is 2.46 bits per heavy atom. The third-order valence-electron chi connectivity index (χ3n) is 4.70. The minimum Gasteiger partial charge on any atom is -0.379 e. The van der Waals surface area contributed by atoms with E-state index in [2.05, 4.69) is 72.6 Å². The fourth-order valence-electron chi connectivity index (χ4n) is 3.31. The summed E-state index contributed by atoms with van der Waals surface area (Å²) in [5.41, 5.74) is 5.36. The van der Waals surface area contributed by atoms with E-state index in [0.717, 1.165) is 39.4 Å². The van der Waals surface area contributed by atoms with E-state index in [1.54, 1.807) is 0 Å². The van der Waals surface area contributed by atoms with Gasteiger partial charge in [0.25, 0.3) is 0 Å². The first-order valence-corrected chi connectivity index (χ1v) is 8.87. The smallest absolute Gasteiger partial charge is 0.0594 e. The van der Waals surface area contributed by atoms with Crippen molar-refractivity contribution < 1.29 is 4.74 Å². The van der Waals surface area contributed by atoms with Crippen LogP contribution >= 0.6 is 0 Å². The van der Waals surface area contributed by atoms with Crippen LogP contribution in [0.2, 0.25) is 0 Å². The highest BCUT2D eigenvalue weighted by Gasteiger charge is 2.22. The van der Waals surface area contributed by atoms with Gasteiger partial charge < -0.3 is 10.1 Å².